The van der Waals surface area contributed by atoms with E-state index in [1.165, 1.54) is 19.2 Å². The Bertz CT molecular complexity index is 526. The third-order valence-corrected chi connectivity index (χ3v) is 3.87. The van der Waals surface area contributed by atoms with Crippen molar-refractivity contribution in [3.63, 3.8) is 0 Å². The number of sulfonamides is 1. The summed E-state index contributed by atoms with van der Waals surface area (Å²) in [6.07, 6.45) is 0.156. The lowest BCUT2D eigenvalue weighted by molar-refractivity contribution is -0.139. The number of para-hydroxylation sites is 1. The molecule has 0 amide bonds. The van der Waals surface area contributed by atoms with Crippen LogP contribution in [0.1, 0.15) is 13.3 Å². The topological polar surface area (TPSA) is 92.7 Å². The number of ether oxygens (including phenoxy) is 1. The molecule has 6 nitrogen and oxygen atoms in total. The molecule has 0 spiro atoms. The first-order chi connectivity index (χ1) is 8.42. The number of hydrogen-bond acceptors (Lipinski definition) is 4. The largest absolute Gasteiger partial charge is 0.495 e. The molecule has 1 rings (SSSR count). The second-order valence-corrected chi connectivity index (χ2v) is 5.25. The molecule has 0 saturated carbocycles. The van der Waals surface area contributed by atoms with Gasteiger partial charge >= 0.3 is 5.97 Å². The smallest absolute Gasteiger partial charge is 0.321 e. The zero-order valence-electron chi connectivity index (χ0n) is 10.1. The van der Waals surface area contributed by atoms with Gasteiger partial charge in [0.05, 0.1) is 7.11 Å². The number of benzene rings is 1. The standard InChI is InChI=1S/C11H15NO5S/c1-3-8(11(13)14)12-18(15,16)10-7-5-4-6-9(10)17-2/h4-8,12H,3H2,1-2H3,(H,13,14)/t8-/m1/s1. The molecule has 0 bridgehead atoms. The molecule has 1 atom stereocenters. The molecule has 100 valence electrons. The lowest BCUT2D eigenvalue weighted by atomic mass is 10.2. The van der Waals surface area contributed by atoms with Crippen LogP contribution in [0.25, 0.3) is 0 Å². The van der Waals surface area contributed by atoms with Gasteiger partial charge in [-0.15, -0.1) is 0 Å². The molecule has 0 aliphatic heterocycles. The highest BCUT2D eigenvalue weighted by Crippen LogP contribution is 2.22. The number of rotatable bonds is 6. The zero-order valence-corrected chi connectivity index (χ0v) is 10.9. The first-order valence-corrected chi connectivity index (χ1v) is 6.78. The molecule has 1 aromatic carbocycles. The van der Waals surface area contributed by atoms with Crippen molar-refractivity contribution in [2.45, 2.75) is 24.3 Å². The SMILES string of the molecule is CC[C@@H](NS(=O)(=O)c1ccccc1OC)C(=O)O. The molecule has 0 heterocycles. The van der Waals surface area contributed by atoms with E-state index in [4.69, 9.17) is 9.84 Å². The Kier molecular flexibility index (Phi) is 4.69. The number of carboxylic acids is 1. The summed E-state index contributed by atoms with van der Waals surface area (Å²) < 4.78 is 31.1. The number of carbonyl (C=O) groups is 1. The van der Waals surface area contributed by atoms with Gasteiger partial charge in [-0.2, -0.15) is 4.72 Å². The van der Waals surface area contributed by atoms with Crippen LogP contribution in [0.15, 0.2) is 29.2 Å². The Hall–Kier alpha value is -1.60. The summed E-state index contributed by atoms with van der Waals surface area (Å²) >= 11 is 0. The summed E-state index contributed by atoms with van der Waals surface area (Å²) in [6.45, 7) is 1.59. The van der Waals surface area contributed by atoms with Crippen LogP contribution in [0.3, 0.4) is 0 Å². The van der Waals surface area contributed by atoms with E-state index in [0.717, 1.165) is 0 Å². The van der Waals surface area contributed by atoms with Gasteiger partial charge < -0.3 is 9.84 Å². The van der Waals surface area contributed by atoms with E-state index in [1.807, 2.05) is 0 Å². The van der Waals surface area contributed by atoms with Crippen LogP contribution in [-0.2, 0) is 14.8 Å². The fourth-order valence-corrected chi connectivity index (χ4v) is 2.84. The highest BCUT2D eigenvalue weighted by atomic mass is 32.2. The lowest BCUT2D eigenvalue weighted by Crippen LogP contribution is -2.40. The second-order valence-electron chi connectivity index (χ2n) is 3.57. The summed E-state index contributed by atoms with van der Waals surface area (Å²) in [7, 11) is -2.57. The average molecular weight is 273 g/mol. The van der Waals surface area contributed by atoms with E-state index in [9.17, 15) is 13.2 Å². The molecule has 0 saturated heterocycles. The maximum Gasteiger partial charge on any atom is 0.321 e. The van der Waals surface area contributed by atoms with Crippen molar-refractivity contribution in [3.8, 4) is 5.75 Å². The molecule has 0 aromatic heterocycles. The van der Waals surface area contributed by atoms with Crippen LogP contribution >= 0.6 is 0 Å². The van der Waals surface area contributed by atoms with Crippen molar-refractivity contribution < 1.29 is 23.1 Å². The molecule has 0 unspecified atom stereocenters. The number of methoxy groups -OCH3 is 1. The number of hydrogen-bond donors (Lipinski definition) is 2. The predicted molar refractivity (Wildman–Crippen MR) is 65.0 cm³/mol. The van der Waals surface area contributed by atoms with Gasteiger partial charge in [-0.1, -0.05) is 19.1 Å². The lowest BCUT2D eigenvalue weighted by Gasteiger charge is -2.14. The molecule has 7 heteroatoms. The third-order valence-electron chi connectivity index (χ3n) is 2.36. The normalized spacial score (nSPS) is 13.0. The minimum absolute atomic E-state index is 0.0767. The number of carboxylic acid groups (broad SMARTS) is 1. The van der Waals surface area contributed by atoms with Gasteiger partial charge in [-0.05, 0) is 18.6 Å². The summed E-state index contributed by atoms with van der Waals surface area (Å²) in [5.41, 5.74) is 0. The molecule has 0 aliphatic carbocycles. The molecule has 0 aliphatic rings. The molecular formula is C11H15NO5S. The van der Waals surface area contributed by atoms with E-state index in [-0.39, 0.29) is 17.1 Å². The minimum atomic E-state index is -3.92. The quantitative estimate of drug-likeness (QED) is 0.801. The van der Waals surface area contributed by atoms with Gasteiger partial charge in [-0.3, -0.25) is 4.79 Å². The van der Waals surface area contributed by atoms with Crippen molar-refractivity contribution >= 4 is 16.0 Å². The van der Waals surface area contributed by atoms with E-state index in [0.29, 0.717) is 0 Å². The first kappa shape index (κ1) is 14.5. The van der Waals surface area contributed by atoms with Gasteiger partial charge in [0.2, 0.25) is 10.0 Å². The van der Waals surface area contributed by atoms with E-state index < -0.39 is 22.0 Å². The highest BCUT2D eigenvalue weighted by molar-refractivity contribution is 7.89. The minimum Gasteiger partial charge on any atom is -0.495 e. The monoisotopic (exact) mass is 273 g/mol. The van der Waals surface area contributed by atoms with E-state index >= 15 is 0 Å². The summed E-state index contributed by atoms with van der Waals surface area (Å²) in [5.74, 6) is -1.04. The molecule has 18 heavy (non-hydrogen) atoms. The van der Waals surface area contributed by atoms with Crippen molar-refractivity contribution in [1.82, 2.24) is 4.72 Å². The zero-order chi connectivity index (χ0) is 13.8. The fraction of sp³-hybridized carbons (Fsp3) is 0.364. The Balaban J connectivity index is 3.10. The van der Waals surface area contributed by atoms with E-state index in [2.05, 4.69) is 4.72 Å². The average Bonchev–Trinajstić information content (AvgIpc) is 2.35. The maximum atomic E-state index is 12.0. The van der Waals surface area contributed by atoms with Crippen molar-refractivity contribution in [3.05, 3.63) is 24.3 Å². The van der Waals surface area contributed by atoms with Crippen LogP contribution in [0.5, 0.6) is 5.75 Å². The van der Waals surface area contributed by atoms with Crippen LogP contribution in [0, 0.1) is 0 Å². The third kappa shape index (κ3) is 3.21. The Labute approximate surface area is 106 Å². The highest BCUT2D eigenvalue weighted by Gasteiger charge is 2.25. The summed E-state index contributed by atoms with van der Waals surface area (Å²) in [6, 6.07) is 4.87. The van der Waals surface area contributed by atoms with Gasteiger partial charge in [-0.25, -0.2) is 8.42 Å². The first-order valence-electron chi connectivity index (χ1n) is 5.30. The Morgan fingerprint density at radius 2 is 2.06 bits per heavy atom. The summed E-state index contributed by atoms with van der Waals surface area (Å²) in [5, 5.41) is 8.85. The Morgan fingerprint density at radius 3 is 2.56 bits per heavy atom. The maximum absolute atomic E-state index is 12.0. The molecular weight excluding hydrogens is 258 g/mol. The molecule has 0 radical (unpaired) electrons. The van der Waals surface area contributed by atoms with Crippen molar-refractivity contribution in [2.75, 3.05) is 7.11 Å². The van der Waals surface area contributed by atoms with Crippen LogP contribution in [-0.4, -0.2) is 32.6 Å². The number of aliphatic carboxylic acids is 1. The molecule has 0 fully saturated rings. The predicted octanol–water partition coefficient (Wildman–Crippen LogP) is 0.837. The van der Waals surface area contributed by atoms with E-state index in [1.54, 1.807) is 19.1 Å². The van der Waals surface area contributed by atoms with Crippen LogP contribution < -0.4 is 9.46 Å². The number of nitrogens with one attached hydrogen (secondary N) is 1. The van der Waals surface area contributed by atoms with Crippen LogP contribution in [0.2, 0.25) is 0 Å². The van der Waals surface area contributed by atoms with Gasteiger partial charge in [0, 0.05) is 0 Å². The van der Waals surface area contributed by atoms with Crippen molar-refractivity contribution in [1.29, 1.82) is 0 Å². The molecule has 2 N–H and O–H groups in total. The van der Waals surface area contributed by atoms with Crippen LogP contribution in [0.4, 0.5) is 0 Å². The van der Waals surface area contributed by atoms with Gasteiger partial charge in [0.15, 0.2) is 0 Å². The van der Waals surface area contributed by atoms with Gasteiger partial charge in [0.25, 0.3) is 0 Å². The summed E-state index contributed by atoms with van der Waals surface area (Å²) in [4.78, 5) is 10.8. The Morgan fingerprint density at radius 1 is 1.44 bits per heavy atom. The van der Waals surface area contributed by atoms with Gasteiger partial charge in [0.1, 0.15) is 16.7 Å². The fourth-order valence-electron chi connectivity index (χ4n) is 1.40. The molecule has 1 aromatic rings. The second kappa shape index (κ2) is 5.83. The van der Waals surface area contributed by atoms with Crippen molar-refractivity contribution in [2.24, 2.45) is 0 Å².